The van der Waals surface area contributed by atoms with E-state index in [0.29, 0.717) is 0 Å². The zero-order valence-electron chi connectivity index (χ0n) is 11.3. The summed E-state index contributed by atoms with van der Waals surface area (Å²) in [4.78, 5) is 0. The van der Waals surface area contributed by atoms with Crippen molar-refractivity contribution in [2.75, 3.05) is 0 Å². The lowest BCUT2D eigenvalue weighted by molar-refractivity contribution is -0.149. The Kier molecular flexibility index (Phi) is 4.79. The lowest BCUT2D eigenvalue weighted by Crippen LogP contribution is -2.21. The Labute approximate surface area is 119 Å². The molecule has 0 nitrogen and oxygen atoms in total. The first-order valence-electron chi connectivity index (χ1n) is 6.09. The van der Waals surface area contributed by atoms with Crippen LogP contribution >= 0.6 is 0 Å². The van der Waals surface area contributed by atoms with Gasteiger partial charge in [-0.15, -0.1) is 0 Å². The highest BCUT2D eigenvalue weighted by Crippen LogP contribution is 2.46. The molecule has 0 heterocycles. The molecule has 0 amide bonds. The van der Waals surface area contributed by atoms with Crippen molar-refractivity contribution >= 4 is 0 Å². The predicted molar refractivity (Wildman–Crippen MR) is 60.2 cm³/mol. The molecule has 126 valence electrons. The maximum atomic E-state index is 12.9. The van der Waals surface area contributed by atoms with Crippen LogP contribution in [-0.2, 0) is 18.5 Å². The standard InChI is InChI=1S/C13H11F9/c1-3-6(2)10-8(12(17,18)19)4-7(11(14,15)16)5-9(10)13(20,21)22/h4-6H,3H2,1-2H3. The lowest BCUT2D eigenvalue weighted by atomic mass is 9.87. The third kappa shape index (κ3) is 3.86. The summed E-state index contributed by atoms with van der Waals surface area (Å²) in [6.07, 6.45) is -16.0. The Hall–Kier alpha value is -1.41. The van der Waals surface area contributed by atoms with Crippen molar-refractivity contribution in [3.05, 3.63) is 34.4 Å². The molecular weight excluding hydrogens is 327 g/mol. The molecule has 1 atom stereocenters. The molecule has 1 unspecified atom stereocenters. The predicted octanol–water partition coefficient (Wildman–Crippen LogP) is 6.26. The molecule has 1 rings (SSSR count). The van der Waals surface area contributed by atoms with Gasteiger partial charge >= 0.3 is 18.5 Å². The highest BCUT2D eigenvalue weighted by Gasteiger charge is 2.45. The average Bonchev–Trinajstić information content (AvgIpc) is 2.33. The monoisotopic (exact) mass is 338 g/mol. The molecular formula is C13H11F9. The van der Waals surface area contributed by atoms with Crippen LogP contribution in [0.15, 0.2) is 12.1 Å². The van der Waals surface area contributed by atoms with Crippen molar-refractivity contribution in [2.24, 2.45) is 0 Å². The minimum Gasteiger partial charge on any atom is -0.166 e. The minimum absolute atomic E-state index is 0.0858. The zero-order chi connectivity index (χ0) is 17.5. The first kappa shape index (κ1) is 18.6. The van der Waals surface area contributed by atoms with Crippen LogP contribution in [0.3, 0.4) is 0 Å². The zero-order valence-corrected chi connectivity index (χ0v) is 11.3. The van der Waals surface area contributed by atoms with E-state index in [1.807, 2.05) is 0 Å². The number of hydrogen-bond donors (Lipinski definition) is 0. The van der Waals surface area contributed by atoms with Gasteiger partial charge in [0.25, 0.3) is 0 Å². The van der Waals surface area contributed by atoms with Gasteiger partial charge in [0.05, 0.1) is 16.7 Å². The summed E-state index contributed by atoms with van der Waals surface area (Å²) < 4.78 is 115. The normalized spacial score (nSPS) is 15.0. The van der Waals surface area contributed by atoms with Gasteiger partial charge in [-0.05, 0) is 30.0 Å². The summed E-state index contributed by atoms with van der Waals surface area (Å²) >= 11 is 0. The molecule has 0 N–H and O–H groups in total. The van der Waals surface area contributed by atoms with Crippen LogP contribution in [-0.4, -0.2) is 0 Å². The summed E-state index contributed by atoms with van der Waals surface area (Å²) in [6, 6.07) is -0.534. The fourth-order valence-electron chi connectivity index (χ4n) is 2.02. The molecule has 1 aromatic rings. The molecule has 9 heteroatoms. The van der Waals surface area contributed by atoms with Gasteiger partial charge in [0, 0.05) is 0 Å². The summed E-state index contributed by atoms with van der Waals surface area (Å²) in [5.74, 6) is -1.20. The second-order valence-electron chi connectivity index (χ2n) is 4.79. The van der Waals surface area contributed by atoms with E-state index < -0.39 is 46.7 Å². The molecule has 0 aliphatic rings. The molecule has 0 bridgehead atoms. The number of halogens is 9. The van der Waals surface area contributed by atoms with Gasteiger partial charge in [-0.3, -0.25) is 0 Å². The second kappa shape index (κ2) is 5.66. The van der Waals surface area contributed by atoms with E-state index in [1.165, 1.54) is 6.92 Å². The van der Waals surface area contributed by atoms with Gasteiger partial charge < -0.3 is 0 Å². The van der Waals surface area contributed by atoms with Crippen LogP contribution in [0.25, 0.3) is 0 Å². The van der Waals surface area contributed by atoms with E-state index in [4.69, 9.17) is 0 Å². The molecule has 22 heavy (non-hydrogen) atoms. The van der Waals surface area contributed by atoms with Gasteiger partial charge in [0.15, 0.2) is 0 Å². The number of hydrogen-bond acceptors (Lipinski definition) is 0. The van der Waals surface area contributed by atoms with Crippen LogP contribution in [0.1, 0.15) is 48.4 Å². The average molecular weight is 338 g/mol. The highest BCUT2D eigenvalue weighted by atomic mass is 19.4. The fourth-order valence-corrected chi connectivity index (χ4v) is 2.02. The van der Waals surface area contributed by atoms with Crippen LogP contribution < -0.4 is 0 Å². The Morgan fingerprint density at radius 1 is 0.773 bits per heavy atom. The van der Waals surface area contributed by atoms with Gasteiger partial charge in [-0.1, -0.05) is 13.8 Å². The molecule has 1 aromatic carbocycles. The van der Waals surface area contributed by atoms with E-state index in [1.54, 1.807) is 0 Å². The molecule has 0 radical (unpaired) electrons. The number of alkyl halides is 9. The topological polar surface area (TPSA) is 0 Å². The fraction of sp³-hybridized carbons (Fsp3) is 0.538. The Bertz CT molecular complexity index is 499. The summed E-state index contributed by atoms with van der Waals surface area (Å²) in [7, 11) is 0. The van der Waals surface area contributed by atoms with Gasteiger partial charge in [-0.2, -0.15) is 39.5 Å². The Balaban J connectivity index is 3.86. The highest BCUT2D eigenvalue weighted by molar-refractivity contribution is 5.45. The summed E-state index contributed by atoms with van der Waals surface area (Å²) in [5, 5.41) is 0. The Morgan fingerprint density at radius 3 is 1.36 bits per heavy atom. The van der Waals surface area contributed by atoms with E-state index in [-0.39, 0.29) is 18.6 Å². The lowest BCUT2D eigenvalue weighted by Gasteiger charge is -2.24. The first-order valence-corrected chi connectivity index (χ1v) is 6.09. The van der Waals surface area contributed by atoms with E-state index in [2.05, 4.69) is 0 Å². The van der Waals surface area contributed by atoms with Crippen LogP contribution in [0.2, 0.25) is 0 Å². The van der Waals surface area contributed by atoms with Crippen molar-refractivity contribution in [3.8, 4) is 0 Å². The van der Waals surface area contributed by atoms with Crippen LogP contribution in [0.5, 0.6) is 0 Å². The molecule has 0 saturated heterocycles. The maximum Gasteiger partial charge on any atom is 0.416 e. The van der Waals surface area contributed by atoms with E-state index >= 15 is 0 Å². The number of benzene rings is 1. The second-order valence-corrected chi connectivity index (χ2v) is 4.79. The van der Waals surface area contributed by atoms with Gasteiger partial charge in [0.1, 0.15) is 0 Å². The molecule has 0 spiro atoms. The number of rotatable bonds is 2. The van der Waals surface area contributed by atoms with Crippen molar-refractivity contribution in [1.82, 2.24) is 0 Å². The summed E-state index contributed by atoms with van der Waals surface area (Å²) in [5.41, 5.74) is -6.93. The van der Waals surface area contributed by atoms with Crippen molar-refractivity contribution in [1.29, 1.82) is 0 Å². The summed E-state index contributed by atoms with van der Waals surface area (Å²) in [6.45, 7) is 2.45. The van der Waals surface area contributed by atoms with Crippen LogP contribution in [0.4, 0.5) is 39.5 Å². The third-order valence-electron chi connectivity index (χ3n) is 3.22. The molecule has 0 aliphatic carbocycles. The van der Waals surface area contributed by atoms with Gasteiger partial charge in [-0.25, -0.2) is 0 Å². The molecule has 0 fully saturated rings. The third-order valence-corrected chi connectivity index (χ3v) is 3.22. The minimum atomic E-state index is -5.32. The Morgan fingerprint density at radius 2 is 1.14 bits per heavy atom. The first-order chi connectivity index (χ1) is 9.69. The van der Waals surface area contributed by atoms with Crippen molar-refractivity contribution < 1.29 is 39.5 Å². The van der Waals surface area contributed by atoms with Crippen molar-refractivity contribution in [3.63, 3.8) is 0 Å². The smallest absolute Gasteiger partial charge is 0.166 e. The molecule has 0 aliphatic heterocycles. The van der Waals surface area contributed by atoms with Gasteiger partial charge in [0.2, 0.25) is 0 Å². The van der Waals surface area contributed by atoms with Crippen LogP contribution in [0, 0.1) is 0 Å². The molecule has 0 saturated carbocycles. The van der Waals surface area contributed by atoms with Crippen molar-refractivity contribution in [2.45, 2.75) is 44.7 Å². The largest absolute Gasteiger partial charge is 0.416 e. The quantitative estimate of drug-likeness (QED) is 0.559. The SMILES string of the molecule is CCC(C)c1c(C(F)(F)F)cc(C(F)(F)F)cc1C(F)(F)F. The van der Waals surface area contributed by atoms with E-state index in [9.17, 15) is 39.5 Å². The molecule has 0 aromatic heterocycles. The van der Waals surface area contributed by atoms with E-state index in [0.717, 1.165) is 6.92 Å². The maximum absolute atomic E-state index is 12.9.